The average molecular weight is 345 g/mol. The van der Waals surface area contributed by atoms with Crippen LogP contribution in [-0.2, 0) is 4.74 Å². The number of rotatable bonds is 4. The number of alkyl halides is 3. The quantitative estimate of drug-likeness (QED) is 0.848. The first-order valence-corrected chi connectivity index (χ1v) is 7.74. The molecule has 5 nitrogen and oxygen atoms in total. The van der Waals surface area contributed by atoms with E-state index in [0.29, 0.717) is 18.7 Å². The number of methoxy groups -OCH3 is 1. The minimum absolute atomic E-state index is 0.0481. The zero-order valence-electron chi connectivity index (χ0n) is 13.7. The number of benzene rings is 1. The van der Waals surface area contributed by atoms with Crippen molar-refractivity contribution in [2.45, 2.75) is 31.7 Å². The van der Waals surface area contributed by atoms with Crippen LogP contribution in [0.4, 0.5) is 18.9 Å². The number of anilines is 1. The van der Waals surface area contributed by atoms with E-state index in [0.717, 1.165) is 5.69 Å². The Morgan fingerprint density at radius 2 is 1.92 bits per heavy atom. The van der Waals surface area contributed by atoms with Gasteiger partial charge in [-0.1, -0.05) is 0 Å². The average Bonchev–Trinajstić information content (AvgIpc) is 2.55. The van der Waals surface area contributed by atoms with Gasteiger partial charge >= 0.3 is 12.1 Å². The fourth-order valence-corrected chi connectivity index (χ4v) is 2.86. The second kappa shape index (κ2) is 7.40. The lowest BCUT2D eigenvalue weighted by Gasteiger charge is -2.46. The molecular weight excluding hydrogens is 323 g/mol. The predicted molar refractivity (Wildman–Crippen MR) is 84.8 cm³/mol. The lowest BCUT2D eigenvalue weighted by Crippen LogP contribution is -2.62. The number of nitrogens with two attached hydrogens (primary N) is 1. The van der Waals surface area contributed by atoms with E-state index in [4.69, 9.17) is 5.73 Å². The van der Waals surface area contributed by atoms with Crippen LogP contribution in [0.2, 0.25) is 0 Å². The highest BCUT2D eigenvalue weighted by Gasteiger charge is 2.34. The lowest BCUT2D eigenvalue weighted by atomic mass is 10.1. The number of nitrogens with zero attached hydrogens (tertiary/aromatic N) is 2. The minimum Gasteiger partial charge on any atom is -0.465 e. The van der Waals surface area contributed by atoms with Crippen molar-refractivity contribution < 1.29 is 22.7 Å². The Kier molecular flexibility index (Phi) is 5.71. The molecule has 2 atom stereocenters. The van der Waals surface area contributed by atoms with Gasteiger partial charge in [0.15, 0.2) is 0 Å². The van der Waals surface area contributed by atoms with Gasteiger partial charge in [0.1, 0.15) is 0 Å². The number of carbonyl (C=O) groups is 1. The number of halogens is 3. The molecule has 1 aromatic carbocycles. The maximum Gasteiger partial charge on any atom is 0.390 e. The summed E-state index contributed by atoms with van der Waals surface area (Å²) in [6.07, 6.45) is -5.42. The van der Waals surface area contributed by atoms with Gasteiger partial charge in [0.05, 0.1) is 25.3 Å². The largest absolute Gasteiger partial charge is 0.465 e. The maximum absolute atomic E-state index is 12.4. The van der Waals surface area contributed by atoms with Gasteiger partial charge in [-0.2, -0.15) is 13.2 Å². The lowest BCUT2D eigenvalue weighted by molar-refractivity contribution is -0.139. The van der Waals surface area contributed by atoms with Gasteiger partial charge in [-0.15, -0.1) is 0 Å². The van der Waals surface area contributed by atoms with Crippen LogP contribution in [0.5, 0.6) is 0 Å². The van der Waals surface area contributed by atoms with E-state index in [1.807, 2.05) is 11.8 Å². The molecule has 1 aliphatic rings. The summed E-state index contributed by atoms with van der Waals surface area (Å²) in [4.78, 5) is 15.2. The molecule has 0 bridgehead atoms. The first kappa shape index (κ1) is 18.5. The fourth-order valence-electron chi connectivity index (χ4n) is 2.86. The Balaban J connectivity index is 2.02. The van der Waals surface area contributed by atoms with Crippen LogP contribution in [0.3, 0.4) is 0 Å². The SMILES string of the molecule is COC(=O)c1ccc(N2CCN(CCC(F)(F)F)C(C)C2N)cc1. The van der Waals surface area contributed by atoms with Crippen molar-refractivity contribution in [2.24, 2.45) is 5.73 Å². The second-order valence-electron chi connectivity index (χ2n) is 5.86. The second-order valence-corrected chi connectivity index (χ2v) is 5.86. The van der Waals surface area contributed by atoms with E-state index >= 15 is 0 Å². The molecule has 24 heavy (non-hydrogen) atoms. The van der Waals surface area contributed by atoms with Crippen molar-refractivity contribution in [3.05, 3.63) is 29.8 Å². The molecular formula is C16H22F3N3O2. The van der Waals surface area contributed by atoms with Crippen LogP contribution < -0.4 is 10.6 Å². The summed E-state index contributed by atoms with van der Waals surface area (Å²) in [5, 5.41) is 0. The van der Waals surface area contributed by atoms with Crippen LogP contribution in [0, 0.1) is 0 Å². The zero-order valence-corrected chi connectivity index (χ0v) is 13.7. The van der Waals surface area contributed by atoms with Gasteiger partial charge in [-0.05, 0) is 31.2 Å². The third kappa shape index (κ3) is 4.39. The highest BCUT2D eigenvalue weighted by atomic mass is 19.4. The van der Waals surface area contributed by atoms with Crippen LogP contribution in [0.15, 0.2) is 24.3 Å². The van der Waals surface area contributed by atoms with Crippen molar-refractivity contribution in [3.8, 4) is 0 Å². The number of esters is 1. The number of piperazine rings is 1. The van der Waals surface area contributed by atoms with Crippen LogP contribution in [0.25, 0.3) is 0 Å². The highest BCUT2D eigenvalue weighted by Crippen LogP contribution is 2.25. The maximum atomic E-state index is 12.4. The summed E-state index contributed by atoms with van der Waals surface area (Å²) in [7, 11) is 1.31. The molecule has 0 aromatic heterocycles. The molecule has 1 saturated heterocycles. The first-order chi connectivity index (χ1) is 11.2. The van der Waals surface area contributed by atoms with Crippen molar-refractivity contribution in [1.82, 2.24) is 4.90 Å². The molecule has 0 spiro atoms. The Labute approximate surface area is 139 Å². The van der Waals surface area contributed by atoms with Gasteiger partial charge in [0.25, 0.3) is 0 Å². The summed E-state index contributed by atoms with van der Waals surface area (Å²) < 4.78 is 41.9. The standard InChI is InChI=1S/C16H22F3N3O2/c1-11-14(20)22(10-9-21(11)8-7-16(17,18)19)13-5-3-12(4-6-13)15(23)24-2/h3-6,11,14H,7-10,20H2,1-2H3. The molecule has 2 rings (SSSR count). The molecule has 0 radical (unpaired) electrons. The predicted octanol–water partition coefficient (Wildman–Crippen LogP) is 2.22. The van der Waals surface area contributed by atoms with Gasteiger partial charge in [0.2, 0.25) is 0 Å². The highest BCUT2D eigenvalue weighted by molar-refractivity contribution is 5.89. The number of ether oxygens (including phenoxy) is 1. The van der Waals surface area contributed by atoms with E-state index in [1.165, 1.54) is 7.11 Å². The number of hydrogen-bond donors (Lipinski definition) is 1. The van der Waals surface area contributed by atoms with Crippen LogP contribution in [0.1, 0.15) is 23.7 Å². The smallest absolute Gasteiger partial charge is 0.390 e. The van der Waals surface area contributed by atoms with Crippen LogP contribution in [-0.4, -0.2) is 56.0 Å². The fraction of sp³-hybridized carbons (Fsp3) is 0.562. The molecule has 0 amide bonds. The number of carbonyl (C=O) groups excluding carboxylic acids is 1. The zero-order chi connectivity index (χ0) is 17.9. The van der Waals surface area contributed by atoms with E-state index in [2.05, 4.69) is 4.74 Å². The molecule has 1 aliphatic heterocycles. The molecule has 1 heterocycles. The molecule has 0 saturated carbocycles. The molecule has 2 unspecified atom stereocenters. The third-order valence-electron chi connectivity index (χ3n) is 4.36. The Morgan fingerprint density at radius 1 is 1.29 bits per heavy atom. The third-order valence-corrected chi connectivity index (χ3v) is 4.36. The van der Waals surface area contributed by atoms with Crippen molar-refractivity contribution >= 4 is 11.7 Å². The van der Waals surface area contributed by atoms with Gasteiger partial charge in [0, 0.05) is 31.4 Å². The summed E-state index contributed by atoms with van der Waals surface area (Å²) in [6.45, 7) is 2.81. The minimum atomic E-state index is -4.16. The van der Waals surface area contributed by atoms with Crippen molar-refractivity contribution in [2.75, 3.05) is 31.6 Å². The molecule has 1 fully saturated rings. The summed E-state index contributed by atoms with van der Waals surface area (Å²) >= 11 is 0. The van der Waals surface area contributed by atoms with Gasteiger partial charge in [-0.25, -0.2) is 4.79 Å². The Hall–Kier alpha value is -1.80. The van der Waals surface area contributed by atoms with E-state index in [9.17, 15) is 18.0 Å². The molecule has 0 aliphatic carbocycles. The van der Waals surface area contributed by atoms with E-state index < -0.39 is 24.7 Å². The summed E-state index contributed by atoms with van der Waals surface area (Å²) in [5.41, 5.74) is 7.49. The number of hydrogen-bond acceptors (Lipinski definition) is 5. The molecule has 134 valence electrons. The summed E-state index contributed by atoms with van der Waals surface area (Å²) in [5.74, 6) is -0.420. The van der Waals surface area contributed by atoms with Gasteiger partial charge < -0.3 is 15.4 Å². The monoisotopic (exact) mass is 345 g/mol. The van der Waals surface area contributed by atoms with Gasteiger partial charge in [-0.3, -0.25) is 4.90 Å². The Bertz CT molecular complexity index is 563. The normalized spacial score (nSPS) is 22.5. The van der Waals surface area contributed by atoms with E-state index in [1.54, 1.807) is 29.2 Å². The topological polar surface area (TPSA) is 58.8 Å². The molecule has 2 N–H and O–H groups in total. The Morgan fingerprint density at radius 3 is 2.46 bits per heavy atom. The molecule has 8 heteroatoms. The van der Waals surface area contributed by atoms with Crippen LogP contribution >= 0.6 is 0 Å². The first-order valence-electron chi connectivity index (χ1n) is 7.74. The van der Waals surface area contributed by atoms with Crippen molar-refractivity contribution in [3.63, 3.8) is 0 Å². The summed E-state index contributed by atoms with van der Waals surface area (Å²) in [6, 6.07) is 6.62. The van der Waals surface area contributed by atoms with Crippen molar-refractivity contribution in [1.29, 1.82) is 0 Å². The van der Waals surface area contributed by atoms with E-state index in [-0.39, 0.29) is 12.6 Å². The molecule has 1 aromatic rings.